The highest BCUT2D eigenvalue weighted by Gasteiger charge is 2.33. The van der Waals surface area contributed by atoms with Gasteiger partial charge in [-0.1, -0.05) is 0 Å². The molecule has 0 bridgehead atoms. The molecule has 0 aromatic carbocycles. The topological polar surface area (TPSA) is 285 Å². The number of aliphatic hydroxyl groups is 2. The molecular weight excluding hydrogens is 480 g/mol. The lowest BCUT2D eigenvalue weighted by Crippen LogP contribution is -2.61. The van der Waals surface area contributed by atoms with Crippen LogP contribution in [0.2, 0.25) is 0 Å². The molecule has 0 aliphatic rings. The van der Waals surface area contributed by atoms with Gasteiger partial charge in [-0.2, -0.15) is 0 Å². The van der Waals surface area contributed by atoms with Crippen molar-refractivity contribution in [3.8, 4) is 0 Å². The SMILES string of the molecule is C[C@H](N)C(=O)N[C@H](C(=O)N[C@@H](C)C(=O)N[C@H](C(=O)N[C@@H](CCCN=C(N)N)C(=O)O)[C@@H](C)O)[C@@H](C)O. The van der Waals surface area contributed by atoms with E-state index in [-0.39, 0.29) is 25.3 Å². The number of nitrogens with two attached hydrogens (primary N) is 3. The maximum Gasteiger partial charge on any atom is 0.326 e. The summed E-state index contributed by atoms with van der Waals surface area (Å²) in [7, 11) is 0. The number of aliphatic imine (C=N–C) groups is 1. The van der Waals surface area contributed by atoms with Gasteiger partial charge in [0.15, 0.2) is 5.96 Å². The smallest absolute Gasteiger partial charge is 0.326 e. The van der Waals surface area contributed by atoms with Crippen molar-refractivity contribution < 1.29 is 39.3 Å². The Morgan fingerprint density at radius 3 is 1.67 bits per heavy atom. The van der Waals surface area contributed by atoms with Crippen LogP contribution < -0.4 is 38.5 Å². The van der Waals surface area contributed by atoms with Gasteiger partial charge >= 0.3 is 5.97 Å². The molecule has 7 atom stereocenters. The summed E-state index contributed by atoms with van der Waals surface area (Å²) in [6.45, 7) is 5.23. The van der Waals surface area contributed by atoms with E-state index in [1.54, 1.807) is 0 Å². The van der Waals surface area contributed by atoms with Gasteiger partial charge in [0.2, 0.25) is 23.6 Å². The number of carboxylic acid groups (broad SMARTS) is 1. The molecule has 0 saturated carbocycles. The first-order chi connectivity index (χ1) is 16.6. The number of amides is 4. The number of aliphatic carboxylic acids is 1. The standard InChI is InChI=1S/C20H38N8O8/c1-8(21)15(31)27-13(10(3)29)17(33)25-9(2)16(32)28-14(11(4)30)18(34)26-12(19(35)36)6-5-7-24-20(22)23/h8-14,29-30H,5-7,21H2,1-4H3,(H,25,33)(H,26,34)(H,27,31)(H,28,32)(H,35,36)(H4,22,23,24)/t8-,9-,10+,11+,12-,13-,14-/m0/s1. The second-order valence-electron chi connectivity index (χ2n) is 8.32. The summed E-state index contributed by atoms with van der Waals surface area (Å²) in [4.78, 5) is 64.6. The van der Waals surface area contributed by atoms with Crippen LogP contribution in [0, 0.1) is 0 Å². The molecule has 0 unspecified atom stereocenters. The first-order valence-electron chi connectivity index (χ1n) is 11.2. The molecule has 206 valence electrons. The average molecular weight is 519 g/mol. The lowest BCUT2D eigenvalue weighted by Gasteiger charge is -2.26. The van der Waals surface area contributed by atoms with Gasteiger partial charge in [-0.15, -0.1) is 0 Å². The van der Waals surface area contributed by atoms with Crippen molar-refractivity contribution in [3.05, 3.63) is 0 Å². The van der Waals surface area contributed by atoms with Crippen molar-refractivity contribution in [2.24, 2.45) is 22.2 Å². The zero-order valence-corrected chi connectivity index (χ0v) is 20.7. The van der Waals surface area contributed by atoms with E-state index in [9.17, 15) is 39.3 Å². The van der Waals surface area contributed by atoms with Crippen LogP contribution in [0.5, 0.6) is 0 Å². The maximum atomic E-state index is 12.6. The fraction of sp³-hybridized carbons (Fsp3) is 0.700. The monoisotopic (exact) mass is 518 g/mol. The second kappa shape index (κ2) is 15.5. The van der Waals surface area contributed by atoms with E-state index in [2.05, 4.69) is 26.3 Å². The number of aliphatic hydroxyl groups excluding tert-OH is 2. The second-order valence-corrected chi connectivity index (χ2v) is 8.32. The van der Waals surface area contributed by atoms with Crippen molar-refractivity contribution >= 4 is 35.6 Å². The van der Waals surface area contributed by atoms with E-state index >= 15 is 0 Å². The van der Waals surface area contributed by atoms with Crippen molar-refractivity contribution in [1.82, 2.24) is 21.3 Å². The molecule has 0 aliphatic carbocycles. The molecule has 16 heteroatoms. The molecule has 16 nitrogen and oxygen atoms in total. The summed E-state index contributed by atoms with van der Waals surface area (Å²) in [5, 5.41) is 38.2. The van der Waals surface area contributed by atoms with Gasteiger partial charge in [0, 0.05) is 6.54 Å². The third-order valence-corrected chi connectivity index (χ3v) is 4.85. The zero-order chi connectivity index (χ0) is 28.2. The Hall–Kier alpha value is -3.50. The number of nitrogens with one attached hydrogen (secondary N) is 4. The lowest BCUT2D eigenvalue weighted by molar-refractivity contribution is -0.143. The molecule has 0 rings (SSSR count). The van der Waals surface area contributed by atoms with E-state index in [1.807, 2.05) is 0 Å². The Labute approximate surface area is 208 Å². The summed E-state index contributed by atoms with van der Waals surface area (Å²) in [5.74, 6) is -4.98. The first kappa shape index (κ1) is 32.5. The number of rotatable bonds is 15. The summed E-state index contributed by atoms with van der Waals surface area (Å²) in [6.07, 6.45) is -2.55. The normalized spacial score (nSPS) is 16.6. The van der Waals surface area contributed by atoms with Crippen LogP contribution >= 0.6 is 0 Å². The molecule has 0 aliphatic heterocycles. The van der Waals surface area contributed by atoms with Crippen LogP contribution in [-0.2, 0) is 24.0 Å². The van der Waals surface area contributed by atoms with Crippen LogP contribution in [0.25, 0.3) is 0 Å². The molecule has 13 N–H and O–H groups in total. The highest BCUT2D eigenvalue weighted by Crippen LogP contribution is 2.03. The molecule has 0 heterocycles. The summed E-state index contributed by atoms with van der Waals surface area (Å²) >= 11 is 0. The third kappa shape index (κ3) is 11.8. The maximum absolute atomic E-state index is 12.6. The molecule has 0 saturated heterocycles. The third-order valence-electron chi connectivity index (χ3n) is 4.85. The minimum absolute atomic E-state index is 0.0291. The summed E-state index contributed by atoms with van der Waals surface area (Å²) in [5.41, 5.74) is 15.8. The molecule has 0 aromatic heterocycles. The lowest BCUT2D eigenvalue weighted by atomic mass is 10.1. The van der Waals surface area contributed by atoms with Crippen molar-refractivity contribution in [3.63, 3.8) is 0 Å². The van der Waals surface area contributed by atoms with Crippen LogP contribution in [-0.4, -0.2) is 99.8 Å². The minimum Gasteiger partial charge on any atom is -0.480 e. The van der Waals surface area contributed by atoms with Crippen molar-refractivity contribution in [2.45, 2.75) is 83.0 Å². The van der Waals surface area contributed by atoms with E-state index in [4.69, 9.17) is 17.2 Å². The summed E-state index contributed by atoms with van der Waals surface area (Å²) < 4.78 is 0. The van der Waals surface area contributed by atoms with E-state index in [0.29, 0.717) is 0 Å². The number of carbonyl (C=O) groups excluding carboxylic acids is 4. The van der Waals surface area contributed by atoms with Gasteiger partial charge in [-0.25, -0.2) is 4.79 Å². The highest BCUT2D eigenvalue weighted by atomic mass is 16.4. The average Bonchev–Trinajstić information content (AvgIpc) is 2.75. The molecular formula is C20H38N8O8. The quantitative estimate of drug-likeness (QED) is 0.0557. The Bertz CT molecular complexity index is 814. The van der Waals surface area contributed by atoms with Gasteiger partial charge in [0.1, 0.15) is 24.2 Å². The number of hydrogen-bond donors (Lipinski definition) is 10. The van der Waals surface area contributed by atoms with Gasteiger partial charge < -0.3 is 53.8 Å². The highest BCUT2D eigenvalue weighted by molar-refractivity contribution is 5.95. The minimum atomic E-state index is -1.55. The molecule has 36 heavy (non-hydrogen) atoms. The predicted molar refractivity (Wildman–Crippen MR) is 128 cm³/mol. The number of carboxylic acids is 1. The Balaban J connectivity index is 5.21. The van der Waals surface area contributed by atoms with Crippen LogP contribution in [0.1, 0.15) is 40.5 Å². The fourth-order valence-electron chi connectivity index (χ4n) is 2.76. The fourth-order valence-corrected chi connectivity index (χ4v) is 2.76. The van der Waals surface area contributed by atoms with Crippen LogP contribution in [0.4, 0.5) is 0 Å². The van der Waals surface area contributed by atoms with Crippen molar-refractivity contribution in [2.75, 3.05) is 6.54 Å². The zero-order valence-electron chi connectivity index (χ0n) is 20.7. The van der Waals surface area contributed by atoms with Gasteiger partial charge in [0.05, 0.1) is 18.2 Å². The first-order valence-corrected chi connectivity index (χ1v) is 11.2. The molecule has 0 spiro atoms. The molecule has 0 aromatic rings. The van der Waals surface area contributed by atoms with Gasteiger partial charge in [-0.05, 0) is 40.5 Å². The number of hydrogen-bond acceptors (Lipinski definition) is 9. The van der Waals surface area contributed by atoms with Crippen LogP contribution in [0.15, 0.2) is 4.99 Å². The van der Waals surface area contributed by atoms with E-state index in [0.717, 1.165) is 0 Å². The Kier molecular flexibility index (Phi) is 14.0. The molecule has 0 fully saturated rings. The molecule has 0 radical (unpaired) electrons. The number of guanidine groups is 1. The van der Waals surface area contributed by atoms with Crippen molar-refractivity contribution in [1.29, 1.82) is 0 Å². The van der Waals surface area contributed by atoms with Gasteiger partial charge in [0.25, 0.3) is 0 Å². The Morgan fingerprint density at radius 2 is 1.25 bits per heavy atom. The number of carbonyl (C=O) groups is 5. The Morgan fingerprint density at radius 1 is 0.778 bits per heavy atom. The summed E-state index contributed by atoms with van der Waals surface area (Å²) in [6, 6.07) is -6.53. The predicted octanol–water partition coefficient (Wildman–Crippen LogP) is -4.81. The van der Waals surface area contributed by atoms with E-state index in [1.165, 1.54) is 27.7 Å². The van der Waals surface area contributed by atoms with Crippen LogP contribution in [0.3, 0.4) is 0 Å². The number of nitrogens with zero attached hydrogens (tertiary/aromatic N) is 1. The largest absolute Gasteiger partial charge is 0.480 e. The molecule has 4 amide bonds. The van der Waals surface area contributed by atoms with E-state index < -0.39 is 72.0 Å². The van der Waals surface area contributed by atoms with Gasteiger partial charge in [-0.3, -0.25) is 24.2 Å².